The van der Waals surface area contributed by atoms with Crippen LogP contribution in [0.4, 0.5) is 17.3 Å². The third-order valence-corrected chi connectivity index (χ3v) is 4.00. The van der Waals surface area contributed by atoms with Crippen LogP contribution in [0.25, 0.3) is 0 Å². The Kier molecular flexibility index (Phi) is 4.56. The van der Waals surface area contributed by atoms with Crippen molar-refractivity contribution in [3.63, 3.8) is 0 Å². The van der Waals surface area contributed by atoms with Crippen molar-refractivity contribution in [2.24, 2.45) is 0 Å². The fourth-order valence-corrected chi connectivity index (χ4v) is 2.50. The summed E-state index contributed by atoms with van der Waals surface area (Å²) >= 11 is 0. The lowest BCUT2D eigenvalue weighted by Gasteiger charge is -2.11. The highest BCUT2D eigenvalue weighted by Gasteiger charge is 2.27. The number of rotatable bonds is 6. The van der Waals surface area contributed by atoms with Crippen molar-refractivity contribution in [2.75, 3.05) is 17.7 Å². The molecule has 3 heterocycles. The van der Waals surface area contributed by atoms with E-state index in [1.54, 1.807) is 36.8 Å². The Labute approximate surface area is 155 Å². The molecule has 9 nitrogen and oxygen atoms in total. The summed E-state index contributed by atoms with van der Waals surface area (Å²) in [7, 11) is 1.52. The molecule has 2 N–H and O–H groups in total. The predicted molar refractivity (Wildman–Crippen MR) is 98.1 cm³/mol. The lowest BCUT2D eigenvalue weighted by Crippen LogP contribution is -2.18. The van der Waals surface area contributed by atoms with Gasteiger partial charge in [-0.1, -0.05) is 6.07 Å². The van der Waals surface area contributed by atoms with Crippen LogP contribution in [0.1, 0.15) is 34.9 Å². The van der Waals surface area contributed by atoms with Gasteiger partial charge in [-0.25, -0.2) is 19.9 Å². The Morgan fingerprint density at radius 2 is 1.96 bits per heavy atom. The van der Waals surface area contributed by atoms with Crippen molar-refractivity contribution >= 4 is 23.2 Å². The van der Waals surface area contributed by atoms with Gasteiger partial charge < -0.3 is 15.4 Å². The summed E-state index contributed by atoms with van der Waals surface area (Å²) in [5.41, 5.74) is 1.61. The van der Waals surface area contributed by atoms with Crippen LogP contribution in [0, 0.1) is 0 Å². The molecular formula is C18H17N7O2. The van der Waals surface area contributed by atoms with Gasteiger partial charge in [-0.2, -0.15) is 4.98 Å². The van der Waals surface area contributed by atoms with Crippen molar-refractivity contribution in [3.05, 3.63) is 54.5 Å². The molecule has 0 spiro atoms. The van der Waals surface area contributed by atoms with Crippen LogP contribution in [0.5, 0.6) is 5.88 Å². The zero-order valence-corrected chi connectivity index (χ0v) is 14.6. The van der Waals surface area contributed by atoms with Crippen LogP contribution in [0.2, 0.25) is 0 Å². The summed E-state index contributed by atoms with van der Waals surface area (Å²) in [6.07, 6.45) is 8.43. The molecule has 1 aliphatic carbocycles. The van der Waals surface area contributed by atoms with Gasteiger partial charge in [0.25, 0.3) is 5.91 Å². The second-order valence-corrected chi connectivity index (χ2v) is 6.04. The van der Waals surface area contributed by atoms with E-state index in [1.165, 1.54) is 13.4 Å². The first kappa shape index (κ1) is 16.8. The molecule has 0 unspecified atom stereocenters. The first-order valence-electron chi connectivity index (χ1n) is 8.44. The number of methoxy groups -OCH3 is 1. The Morgan fingerprint density at radius 3 is 2.70 bits per heavy atom. The average molecular weight is 363 g/mol. The lowest BCUT2D eigenvalue weighted by molar-refractivity contribution is 0.102. The highest BCUT2D eigenvalue weighted by atomic mass is 16.5. The highest BCUT2D eigenvalue weighted by Crippen LogP contribution is 2.39. The van der Waals surface area contributed by atoms with E-state index in [0.29, 0.717) is 29.1 Å². The number of hydrogen-bond donors (Lipinski definition) is 2. The molecule has 3 aromatic rings. The second kappa shape index (κ2) is 7.32. The number of pyridine rings is 1. The molecule has 0 atom stereocenters. The van der Waals surface area contributed by atoms with Gasteiger partial charge in [-0.3, -0.25) is 4.79 Å². The number of carbonyl (C=O) groups excluding carboxylic acids is 1. The Hall–Kier alpha value is -3.62. The number of carbonyl (C=O) groups is 1. The number of nitrogens with zero attached hydrogens (tertiary/aromatic N) is 5. The summed E-state index contributed by atoms with van der Waals surface area (Å²) in [5.74, 6) is 1.06. The van der Waals surface area contributed by atoms with E-state index >= 15 is 0 Å². The van der Waals surface area contributed by atoms with Crippen LogP contribution in [-0.2, 0) is 0 Å². The van der Waals surface area contributed by atoms with Gasteiger partial charge in [0.15, 0.2) is 11.5 Å². The SMILES string of the molecule is COc1cccc(NC(=O)c2nc(C3CC3)cnc2Nc2cncnc2)n1. The van der Waals surface area contributed by atoms with Crippen LogP contribution in [-0.4, -0.2) is 37.9 Å². The molecule has 27 heavy (non-hydrogen) atoms. The van der Waals surface area contributed by atoms with Gasteiger partial charge in [0.2, 0.25) is 5.88 Å². The summed E-state index contributed by atoms with van der Waals surface area (Å²) in [6.45, 7) is 0. The van der Waals surface area contributed by atoms with E-state index in [0.717, 1.165) is 18.5 Å². The lowest BCUT2D eigenvalue weighted by atomic mass is 10.2. The number of ether oxygens (including phenoxy) is 1. The van der Waals surface area contributed by atoms with Crippen molar-refractivity contribution in [3.8, 4) is 5.88 Å². The minimum absolute atomic E-state index is 0.188. The molecule has 3 aromatic heterocycles. The van der Waals surface area contributed by atoms with E-state index in [-0.39, 0.29) is 5.69 Å². The van der Waals surface area contributed by atoms with E-state index in [4.69, 9.17) is 4.74 Å². The molecule has 1 amide bonds. The molecule has 9 heteroatoms. The van der Waals surface area contributed by atoms with Crippen LogP contribution in [0.15, 0.2) is 43.1 Å². The van der Waals surface area contributed by atoms with Crippen molar-refractivity contribution in [2.45, 2.75) is 18.8 Å². The van der Waals surface area contributed by atoms with Gasteiger partial charge in [-0.15, -0.1) is 0 Å². The number of anilines is 3. The number of aromatic nitrogens is 5. The molecule has 0 saturated heterocycles. The topological polar surface area (TPSA) is 115 Å². The van der Waals surface area contributed by atoms with Crippen LogP contribution < -0.4 is 15.4 Å². The summed E-state index contributed by atoms with van der Waals surface area (Å²) in [4.78, 5) is 33.9. The molecule has 1 aliphatic rings. The maximum absolute atomic E-state index is 12.9. The zero-order valence-electron chi connectivity index (χ0n) is 14.6. The summed E-state index contributed by atoms with van der Waals surface area (Å²) in [5, 5.41) is 5.79. The van der Waals surface area contributed by atoms with Gasteiger partial charge in [0.05, 0.1) is 37.1 Å². The molecule has 4 rings (SSSR count). The normalized spacial score (nSPS) is 13.1. The first-order valence-corrected chi connectivity index (χ1v) is 8.44. The molecule has 0 aromatic carbocycles. The smallest absolute Gasteiger partial charge is 0.279 e. The molecule has 0 radical (unpaired) electrons. The standard InChI is InChI=1S/C18H17N7O2/c1-27-15-4-2-3-14(24-15)25-18(26)16-17(22-12-7-19-10-20-8-12)21-9-13(23-16)11-5-6-11/h2-4,7-11H,5-6H2,1H3,(H,21,22)(H,24,25,26). The molecular weight excluding hydrogens is 346 g/mol. The van der Waals surface area contributed by atoms with Gasteiger partial charge >= 0.3 is 0 Å². The quantitative estimate of drug-likeness (QED) is 0.686. The molecule has 1 fully saturated rings. The highest BCUT2D eigenvalue weighted by molar-refractivity contribution is 6.05. The molecule has 136 valence electrons. The number of amides is 1. The minimum Gasteiger partial charge on any atom is -0.481 e. The molecule has 1 saturated carbocycles. The summed E-state index contributed by atoms with van der Waals surface area (Å²) < 4.78 is 5.09. The maximum Gasteiger partial charge on any atom is 0.279 e. The first-order chi connectivity index (χ1) is 13.2. The fraction of sp³-hybridized carbons (Fsp3) is 0.222. The summed E-state index contributed by atoms with van der Waals surface area (Å²) in [6, 6.07) is 5.12. The van der Waals surface area contributed by atoms with Crippen molar-refractivity contribution in [1.82, 2.24) is 24.9 Å². The maximum atomic E-state index is 12.9. The minimum atomic E-state index is -0.412. The average Bonchev–Trinajstić information content (AvgIpc) is 3.54. The Bertz CT molecular complexity index is 961. The van der Waals surface area contributed by atoms with E-state index in [2.05, 4.69) is 35.6 Å². The predicted octanol–water partition coefficient (Wildman–Crippen LogP) is 2.54. The van der Waals surface area contributed by atoms with Gasteiger partial charge in [0.1, 0.15) is 12.1 Å². The number of hydrogen-bond acceptors (Lipinski definition) is 8. The Balaban J connectivity index is 1.63. The second-order valence-electron chi connectivity index (χ2n) is 6.04. The monoisotopic (exact) mass is 363 g/mol. The van der Waals surface area contributed by atoms with Crippen LogP contribution >= 0.6 is 0 Å². The molecule has 0 aliphatic heterocycles. The van der Waals surface area contributed by atoms with Crippen molar-refractivity contribution < 1.29 is 9.53 Å². The third-order valence-electron chi connectivity index (χ3n) is 4.00. The van der Waals surface area contributed by atoms with Gasteiger partial charge in [-0.05, 0) is 18.9 Å². The van der Waals surface area contributed by atoms with E-state index in [9.17, 15) is 4.79 Å². The van der Waals surface area contributed by atoms with Crippen molar-refractivity contribution in [1.29, 1.82) is 0 Å². The zero-order chi connectivity index (χ0) is 18.6. The largest absolute Gasteiger partial charge is 0.481 e. The van der Waals surface area contributed by atoms with Gasteiger partial charge in [0, 0.05) is 12.0 Å². The Morgan fingerprint density at radius 1 is 1.15 bits per heavy atom. The van der Waals surface area contributed by atoms with E-state index < -0.39 is 5.91 Å². The van der Waals surface area contributed by atoms with E-state index in [1.807, 2.05) is 0 Å². The van der Waals surface area contributed by atoms with Crippen LogP contribution in [0.3, 0.4) is 0 Å². The number of nitrogens with one attached hydrogen (secondary N) is 2. The molecule has 0 bridgehead atoms. The fourth-order valence-electron chi connectivity index (χ4n) is 2.50. The third kappa shape index (κ3) is 3.97.